The summed E-state index contributed by atoms with van der Waals surface area (Å²) in [5.74, 6) is -1.25. The molecule has 0 radical (unpaired) electrons. The maximum Gasteiger partial charge on any atom is 0.243 e. The zero-order valence-corrected chi connectivity index (χ0v) is 15.8. The monoisotopic (exact) mass is 392 g/mol. The number of para-hydroxylation sites is 1. The number of hydrogen-bond donors (Lipinski definition) is 0. The average Bonchev–Trinajstić information content (AvgIpc) is 2.68. The Morgan fingerprint density at radius 1 is 0.815 bits per heavy atom. The van der Waals surface area contributed by atoms with Crippen LogP contribution in [0.4, 0.5) is 14.5 Å². The summed E-state index contributed by atoms with van der Waals surface area (Å²) in [6.45, 7) is 0.907. The van der Waals surface area contributed by atoms with Gasteiger partial charge in [-0.1, -0.05) is 12.1 Å². The van der Waals surface area contributed by atoms with Crippen molar-refractivity contribution in [3.05, 3.63) is 59.2 Å². The predicted molar refractivity (Wildman–Crippen MR) is 100 cm³/mol. The molecule has 0 aromatic heterocycles. The van der Waals surface area contributed by atoms with Crippen molar-refractivity contribution >= 4 is 15.7 Å². The summed E-state index contributed by atoms with van der Waals surface area (Å²) >= 11 is 0. The molecule has 2 aliphatic rings. The number of hydrogen-bond acceptors (Lipinski definition) is 3. The Morgan fingerprint density at radius 3 is 2.11 bits per heavy atom. The number of halogens is 2. The van der Waals surface area contributed by atoms with Gasteiger partial charge in [0.2, 0.25) is 10.0 Å². The van der Waals surface area contributed by atoms with Crippen LogP contribution in [0.1, 0.15) is 24.0 Å². The van der Waals surface area contributed by atoms with Crippen molar-refractivity contribution in [1.29, 1.82) is 0 Å². The van der Waals surface area contributed by atoms with Crippen molar-refractivity contribution in [2.45, 2.75) is 30.6 Å². The Hall–Kier alpha value is -1.99. The lowest BCUT2D eigenvalue weighted by Gasteiger charge is -2.35. The third-order valence-electron chi connectivity index (χ3n) is 5.45. The van der Waals surface area contributed by atoms with Crippen molar-refractivity contribution in [2.24, 2.45) is 0 Å². The Morgan fingerprint density at radius 2 is 1.44 bits per heavy atom. The molecule has 0 amide bonds. The Labute approximate surface area is 158 Å². The molecule has 0 unspecified atom stereocenters. The van der Waals surface area contributed by atoms with E-state index in [1.165, 1.54) is 28.1 Å². The van der Waals surface area contributed by atoms with E-state index in [-0.39, 0.29) is 31.9 Å². The summed E-state index contributed by atoms with van der Waals surface area (Å²) in [5, 5.41) is 0. The van der Waals surface area contributed by atoms with Gasteiger partial charge >= 0.3 is 0 Å². The van der Waals surface area contributed by atoms with Gasteiger partial charge in [0.1, 0.15) is 17.3 Å². The normalized spacial score (nSPS) is 18.4. The van der Waals surface area contributed by atoms with Crippen LogP contribution in [0.3, 0.4) is 0 Å². The summed E-state index contributed by atoms with van der Waals surface area (Å²) in [5.41, 5.74) is 2.28. The molecule has 1 fully saturated rings. The highest BCUT2D eigenvalue weighted by molar-refractivity contribution is 7.89. The second-order valence-electron chi connectivity index (χ2n) is 7.10. The van der Waals surface area contributed by atoms with E-state index in [4.69, 9.17) is 0 Å². The zero-order valence-electron chi connectivity index (χ0n) is 15.0. The van der Waals surface area contributed by atoms with Crippen LogP contribution < -0.4 is 4.90 Å². The van der Waals surface area contributed by atoms with Gasteiger partial charge in [-0.25, -0.2) is 17.2 Å². The van der Waals surface area contributed by atoms with Crippen LogP contribution in [0.15, 0.2) is 41.3 Å². The number of benzene rings is 2. The smallest absolute Gasteiger partial charge is 0.243 e. The molecule has 2 aromatic carbocycles. The number of anilines is 1. The van der Waals surface area contributed by atoms with Crippen molar-refractivity contribution in [3.8, 4) is 0 Å². The molecular formula is C20H22F2N2O2S. The average molecular weight is 392 g/mol. The van der Waals surface area contributed by atoms with Crippen molar-refractivity contribution < 1.29 is 17.2 Å². The minimum absolute atomic E-state index is 0.0803. The first-order chi connectivity index (χ1) is 13.0. The van der Waals surface area contributed by atoms with E-state index in [1.54, 1.807) is 17.0 Å². The standard InChI is InChI=1S/C20H22F2N2O2S/c21-18-6-3-7-19(22)20(18)23-10-12-24(13-11-23)27(25,26)17-9-8-15-4-1-2-5-16(15)14-17/h3,6-9,14H,1-2,4-5,10-13H2. The maximum atomic E-state index is 14.0. The van der Waals surface area contributed by atoms with Gasteiger partial charge in [-0.05, 0) is 61.1 Å². The fourth-order valence-corrected chi connectivity index (χ4v) is 5.44. The van der Waals surface area contributed by atoms with E-state index in [1.807, 2.05) is 6.07 Å². The first kappa shape index (κ1) is 18.4. The van der Waals surface area contributed by atoms with Crippen LogP contribution >= 0.6 is 0 Å². The maximum absolute atomic E-state index is 14.0. The first-order valence-electron chi connectivity index (χ1n) is 9.28. The van der Waals surface area contributed by atoms with Crippen LogP contribution in [0, 0.1) is 11.6 Å². The van der Waals surface area contributed by atoms with Gasteiger partial charge in [-0.3, -0.25) is 0 Å². The SMILES string of the molecule is O=S(=O)(c1ccc2c(c1)CCCC2)N1CCN(c2c(F)cccc2F)CC1. The molecule has 0 spiro atoms. The molecule has 0 atom stereocenters. The Kier molecular flexibility index (Phi) is 4.90. The van der Waals surface area contributed by atoms with Crippen LogP contribution in [-0.4, -0.2) is 38.9 Å². The lowest BCUT2D eigenvalue weighted by molar-refractivity contribution is 0.381. The zero-order chi connectivity index (χ0) is 19.0. The molecule has 0 saturated carbocycles. The fraction of sp³-hybridized carbons (Fsp3) is 0.400. The largest absolute Gasteiger partial charge is 0.364 e. The van der Waals surface area contributed by atoms with E-state index in [0.717, 1.165) is 31.2 Å². The molecular weight excluding hydrogens is 370 g/mol. The number of aryl methyl sites for hydroxylation is 2. The van der Waals surface area contributed by atoms with Crippen LogP contribution in [-0.2, 0) is 22.9 Å². The third kappa shape index (κ3) is 3.46. The minimum Gasteiger partial charge on any atom is -0.364 e. The van der Waals surface area contributed by atoms with Crippen molar-refractivity contribution in [3.63, 3.8) is 0 Å². The molecule has 1 heterocycles. The molecule has 144 valence electrons. The molecule has 4 rings (SSSR count). The molecule has 7 heteroatoms. The van der Waals surface area contributed by atoms with E-state index in [0.29, 0.717) is 4.90 Å². The predicted octanol–water partition coefficient (Wildman–Crippen LogP) is 3.35. The van der Waals surface area contributed by atoms with Crippen LogP contribution in [0.2, 0.25) is 0 Å². The second-order valence-corrected chi connectivity index (χ2v) is 9.04. The van der Waals surface area contributed by atoms with Gasteiger partial charge in [0.15, 0.2) is 0 Å². The van der Waals surface area contributed by atoms with Gasteiger partial charge in [-0.2, -0.15) is 4.31 Å². The Balaban J connectivity index is 1.52. The highest BCUT2D eigenvalue weighted by atomic mass is 32.2. The van der Waals surface area contributed by atoms with E-state index >= 15 is 0 Å². The van der Waals surface area contributed by atoms with Gasteiger partial charge < -0.3 is 4.90 Å². The van der Waals surface area contributed by atoms with Gasteiger partial charge in [0, 0.05) is 26.2 Å². The lowest BCUT2D eigenvalue weighted by Crippen LogP contribution is -2.49. The topological polar surface area (TPSA) is 40.6 Å². The summed E-state index contributed by atoms with van der Waals surface area (Å²) in [6, 6.07) is 9.16. The lowest BCUT2D eigenvalue weighted by atomic mass is 9.92. The number of piperazine rings is 1. The van der Waals surface area contributed by atoms with E-state index in [9.17, 15) is 17.2 Å². The number of nitrogens with zero attached hydrogens (tertiary/aromatic N) is 2. The molecule has 1 aliphatic heterocycles. The third-order valence-corrected chi connectivity index (χ3v) is 7.34. The molecule has 27 heavy (non-hydrogen) atoms. The molecule has 2 aromatic rings. The van der Waals surface area contributed by atoms with E-state index < -0.39 is 21.7 Å². The first-order valence-corrected chi connectivity index (χ1v) is 10.7. The summed E-state index contributed by atoms with van der Waals surface area (Å²) in [6.07, 6.45) is 4.15. The highest BCUT2D eigenvalue weighted by Gasteiger charge is 2.30. The molecule has 4 nitrogen and oxygen atoms in total. The Bertz CT molecular complexity index is 934. The molecule has 0 N–H and O–H groups in total. The van der Waals surface area contributed by atoms with Crippen molar-refractivity contribution in [1.82, 2.24) is 4.31 Å². The number of sulfonamides is 1. The number of rotatable bonds is 3. The van der Waals surface area contributed by atoms with E-state index in [2.05, 4.69) is 0 Å². The second kappa shape index (κ2) is 7.20. The summed E-state index contributed by atoms with van der Waals surface area (Å²) < 4.78 is 55.4. The van der Waals surface area contributed by atoms with Crippen LogP contribution in [0.25, 0.3) is 0 Å². The van der Waals surface area contributed by atoms with Crippen molar-refractivity contribution in [2.75, 3.05) is 31.1 Å². The van der Waals surface area contributed by atoms with Crippen LogP contribution in [0.5, 0.6) is 0 Å². The minimum atomic E-state index is -3.60. The van der Waals surface area contributed by atoms with Gasteiger partial charge in [-0.15, -0.1) is 0 Å². The van der Waals surface area contributed by atoms with Gasteiger partial charge in [0.05, 0.1) is 4.90 Å². The summed E-state index contributed by atoms with van der Waals surface area (Å²) in [4.78, 5) is 1.89. The number of fused-ring (bicyclic) bond motifs is 1. The quantitative estimate of drug-likeness (QED) is 0.804. The molecule has 1 saturated heterocycles. The van der Waals surface area contributed by atoms with Gasteiger partial charge in [0.25, 0.3) is 0 Å². The molecule has 1 aliphatic carbocycles. The summed E-state index contributed by atoms with van der Waals surface area (Å²) in [7, 11) is -3.60. The fourth-order valence-electron chi connectivity index (χ4n) is 3.96. The molecule has 0 bridgehead atoms. The highest BCUT2D eigenvalue weighted by Crippen LogP contribution is 2.28.